The number of carbonyl (C=O) groups is 1. The van der Waals surface area contributed by atoms with Gasteiger partial charge in [0, 0.05) is 0 Å². The molecule has 0 spiro atoms. The Bertz CT molecular complexity index is 396. The summed E-state index contributed by atoms with van der Waals surface area (Å²) < 4.78 is 43.0. The molecule has 1 atom stereocenters. The Labute approximate surface area is 104 Å². The Balaban J connectivity index is 2.97. The summed E-state index contributed by atoms with van der Waals surface area (Å²) in [7, 11) is 1.23. The van der Waals surface area contributed by atoms with Gasteiger partial charge in [-0.2, -0.15) is 13.2 Å². The first-order valence-corrected chi connectivity index (χ1v) is 5.65. The van der Waals surface area contributed by atoms with Crippen molar-refractivity contribution in [3.05, 3.63) is 35.4 Å². The van der Waals surface area contributed by atoms with E-state index in [9.17, 15) is 18.0 Å². The second kappa shape index (κ2) is 5.89. The molecule has 0 fully saturated rings. The Morgan fingerprint density at radius 1 is 1.28 bits per heavy atom. The van der Waals surface area contributed by atoms with Gasteiger partial charge in [0.05, 0.1) is 18.6 Å². The van der Waals surface area contributed by atoms with E-state index in [1.54, 1.807) is 6.92 Å². The van der Waals surface area contributed by atoms with E-state index in [1.807, 2.05) is 0 Å². The highest BCUT2D eigenvalue weighted by Crippen LogP contribution is 2.38. The molecule has 100 valence electrons. The van der Waals surface area contributed by atoms with E-state index in [4.69, 9.17) is 0 Å². The minimum absolute atomic E-state index is 0.0427. The number of hydrogen-bond acceptors (Lipinski definition) is 2. The zero-order valence-corrected chi connectivity index (χ0v) is 10.3. The van der Waals surface area contributed by atoms with Crippen LogP contribution in [0.2, 0.25) is 0 Å². The van der Waals surface area contributed by atoms with Crippen molar-refractivity contribution in [1.82, 2.24) is 0 Å². The number of ether oxygens (including phenoxy) is 1. The standard InChI is InChI=1S/C13H15F3O2/c1-3-4-11(13(14,15)16)9-5-7-10(8-6-9)12(17)18-2/h5-8,11H,3-4H2,1-2H3. The largest absolute Gasteiger partial charge is 0.465 e. The minimum Gasteiger partial charge on any atom is -0.465 e. The molecule has 0 radical (unpaired) electrons. The van der Waals surface area contributed by atoms with Crippen LogP contribution in [-0.2, 0) is 4.74 Å². The number of methoxy groups -OCH3 is 1. The normalized spacial score (nSPS) is 13.2. The number of alkyl halides is 3. The molecule has 1 aromatic carbocycles. The molecule has 0 aliphatic heterocycles. The Hall–Kier alpha value is -1.52. The molecule has 0 aliphatic carbocycles. The molecule has 1 rings (SSSR count). The van der Waals surface area contributed by atoms with Gasteiger partial charge in [0.1, 0.15) is 0 Å². The first-order chi connectivity index (χ1) is 8.40. The summed E-state index contributed by atoms with van der Waals surface area (Å²) >= 11 is 0. The fourth-order valence-corrected chi connectivity index (χ4v) is 1.78. The SMILES string of the molecule is CCCC(c1ccc(C(=O)OC)cc1)C(F)(F)F. The molecule has 1 unspecified atom stereocenters. The lowest BCUT2D eigenvalue weighted by Gasteiger charge is -2.20. The molecule has 0 saturated carbocycles. The summed E-state index contributed by atoms with van der Waals surface area (Å²) in [6.07, 6.45) is -3.77. The quantitative estimate of drug-likeness (QED) is 0.767. The van der Waals surface area contributed by atoms with Gasteiger partial charge in [0.25, 0.3) is 0 Å². The highest BCUT2D eigenvalue weighted by atomic mass is 19.4. The maximum atomic E-state index is 12.8. The third-order valence-corrected chi connectivity index (χ3v) is 2.71. The van der Waals surface area contributed by atoms with Crippen LogP contribution in [0.3, 0.4) is 0 Å². The van der Waals surface area contributed by atoms with Crippen LogP contribution < -0.4 is 0 Å². The van der Waals surface area contributed by atoms with E-state index in [0.29, 0.717) is 6.42 Å². The minimum atomic E-state index is -4.26. The van der Waals surface area contributed by atoms with Crippen molar-refractivity contribution in [1.29, 1.82) is 0 Å². The summed E-state index contributed by atoms with van der Waals surface area (Å²) in [5, 5.41) is 0. The predicted octanol–water partition coefficient (Wildman–Crippen LogP) is 3.92. The van der Waals surface area contributed by atoms with Crippen LogP contribution in [0.5, 0.6) is 0 Å². The molecule has 18 heavy (non-hydrogen) atoms. The zero-order valence-electron chi connectivity index (χ0n) is 10.3. The molecular weight excluding hydrogens is 245 g/mol. The van der Waals surface area contributed by atoms with Gasteiger partial charge in [0.2, 0.25) is 0 Å². The van der Waals surface area contributed by atoms with Crippen molar-refractivity contribution < 1.29 is 22.7 Å². The van der Waals surface area contributed by atoms with E-state index in [0.717, 1.165) is 0 Å². The second-order valence-corrected chi connectivity index (χ2v) is 4.00. The lowest BCUT2D eigenvalue weighted by atomic mass is 9.93. The molecule has 0 saturated heterocycles. The average molecular weight is 260 g/mol. The highest BCUT2D eigenvalue weighted by molar-refractivity contribution is 5.89. The monoisotopic (exact) mass is 260 g/mol. The van der Waals surface area contributed by atoms with E-state index in [2.05, 4.69) is 4.74 Å². The Kier molecular flexibility index (Phi) is 4.76. The highest BCUT2D eigenvalue weighted by Gasteiger charge is 2.39. The molecular formula is C13H15F3O2. The molecule has 0 heterocycles. The van der Waals surface area contributed by atoms with E-state index < -0.39 is 18.1 Å². The molecule has 0 aromatic heterocycles. The third kappa shape index (κ3) is 3.48. The van der Waals surface area contributed by atoms with Crippen molar-refractivity contribution in [2.75, 3.05) is 7.11 Å². The maximum Gasteiger partial charge on any atom is 0.395 e. The van der Waals surface area contributed by atoms with Crippen molar-refractivity contribution in [3.63, 3.8) is 0 Å². The molecule has 5 heteroatoms. The van der Waals surface area contributed by atoms with Gasteiger partial charge in [-0.1, -0.05) is 25.5 Å². The fraction of sp³-hybridized carbons (Fsp3) is 0.462. The van der Waals surface area contributed by atoms with Crippen LogP contribution in [-0.4, -0.2) is 19.3 Å². The first-order valence-electron chi connectivity index (χ1n) is 5.65. The molecule has 0 amide bonds. The zero-order chi connectivity index (χ0) is 13.8. The van der Waals surface area contributed by atoms with Gasteiger partial charge in [0.15, 0.2) is 0 Å². The topological polar surface area (TPSA) is 26.3 Å². The van der Waals surface area contributed by atoms with Crippen molar-refractivity contribution in [2.45, 2.75) is 31.9 Å². The van der Waals surface area contributed by atoms with E-state index in [-0.39, 0.29) is 17.5 Å². The number of hydrogen-bond donors (Lipinski definition) is 0. The summed E-state index contributed by atoms with van der Waals surface area (Å²) in [6, 6.07) is 5.38. The molecule has 2 nitrogen and oxygen atoms in total. The van der Waals surface area contributed by atoms with Gasteiger partial charge in [-0.15, -0.1) is 0 Å². The van der Waals surface area contributed by atoms with Gasteiger partial charge in [-0.3, -0.25) is 0 Å². The number of esters is 1. The second-order valence-electron chi connectivity index (χ2n) is 4.00. The number of benzene rings is 1. The van der Waals surface area contributed by atoms with Crippen LogP contribution in [0.15, 0.2) is 24.3 Å². The lowest BCUT2D eigenvalue weighted by Crippen LogP contribution is -2.20. The van der Waals surface area contributed by atoms with Crippen molar-refractivity contribution in [2.24, 2.45) is 0 Å². The number of rotatable bonds is 4. The molecule has 0 bridgehead atoms. The van der Waals surface area contributed by atoms with Crippen LogP contribution in [0.25, 0.3) is 0 Å². The van der Waals surface area contributed by atoms with Crippen LogP contribution in [0.4, 0.5) is 13.2 Å². The van der Waals surface area contributed by atoms with Crippen molar-refractivity contribution >= 4 is 5.97 Å². The maximum absolute atomic E-state index is 12.8. The van der Waals surface area contributed by atoms with Crippen molar-refractivity contribution in [3.8, 4) is 0 Å². The van der Waals surface area contributed by atoms with Crippen LogP contribution >= 0.6 is 0 Å². The molecule has 1 aromatic rings. The lowest BCUT2D eigenvalue weighted by molar-refractivity contribution is -0.152. The predicted molar refractivity (Wildman–Crippen MR) is 61.5 cm³/mol. The van der Waals surface area contributed by atoms with Crippen LogP contribution in [0.1, 0.15) is 41.6 Å². The summed E-state index contributed by atoms with van der Waals surface area (Å²) in [6.45, 7) is 1.71. The number of carbonyl (C=O) groups excluding carboxylic acids is 1. The Morgan fingerprint density at radius 2 is 1.83 bits per heavy atom. The van der Waals surface area contributed by atoms with Gasteiger partial charge in [-0.05, 0) is 24.1 Å². The van der Waals surface area contributed by atoms with E-state index in [1.165, 1.54) is 31.4 Å². The number of halogens is 3. The summed E-state index contributed by atoms with van der Waals surface area (Å²) in [5.74, 6) is -2.03. The summed E-state index contributed by atoms with van der Waals surface area (Å²) in [4.78, 5) is 11.2. The molecule has 0 aliphatic rings. The average Bonchev–Trinajstić information content (AvgIpc) is 2.34. The van der Waals surface area contributed by atoms with Gasteiger partial charge in [-0.25, -0.2) is 4.79 Å². The third-order valence-electron chi connectivity index (χ3n) is 2.71. The van der Waals surface area contributed by atoms with Gasteiger partial charge >= 0.3 is 12.1 Å². The summed E-state index contributed by atoms with van der Waals surface area (Å²) in [5.41, 5.74) is 0.427. The smallest absolute Gasteiger partial charge is 0.395 e. The Morgan fingerprint density at radius 3 is 2.22 bits per heavy atom. The first kappa shape index (κ1) is 14.5. The molecule has 0 N–H and O–H groups in total. The fourth-order valence-electron chi connectivity index (χ4n) is 1.78. The van der Waals surface area contributed by atoms with E-state index >= 15 is 0 Å². The van der Waals surface area contributed by atoms with Gasteiger partial charge < -0.3 is 4.74 Å². The van der Waals surface area contributed by atoms with Crippen LogP contribution in [0, 0.1) is 0 Å².